The van der Waals surface area contributed by atoms with Gasteiger partial charge in [-0.25, -0.2) is 19.3 Å². The molecule has 9 heteroatoms. The minimum Gasteiger partial charge on any atom is -0.434 e. The summed E-state index contributed by atoms with van der Waals surface area (Å²) in [6.07, 6.45) is 1.98. The second-order valence-corrected chi connectivity index (χ2v) is 8.53. The molecule has 3 heterocycles. The van der Waals surface area contributed by atoms with Crippen LogP contribution in [0.4, 0.5) is 13.2 Å². The maximum atomic E-state index is 14.9. The molecule has 0 spiro atoms. The molecule has 2 aromatic heterocycles. The Balaban J connectivity index is 1.60. The number of hydrogen-bond donors (Lipinski definition) is 1. The number of hydrogen-bond acceptors (Lipinski definition) is 5. The summed E-state index contributed by atoms with van der Waals surface area (Å²) in [5, 5.41) is 10.1. The van der Waals surface area contributed by atoms with Crippen LogP contribution in [-0.2, 0) is 5.60 Å². The molecule has 1 aliphatic heterocycles. The maximum Gasteiger partial charge on any atom is 0.387 e. The number of nitrogens with zero attached hydrogens (tertiary/aromatic N) is 4. The Labute approximate surface area is 187 Å². The third-order valence-corrected chi connectivity index (χ3v) is 5.77. The molecule has 6 nitrogen and oxygen atoms in total. The van der Waals surface area contributed by atoms with Crippen molar-refractivity contribution in [2.45, 2.75) is 44.7 Å². The van der Waals surface area contributed by atoms with Gasteiger partial charge in [0.05, 0.1) is 17.1 Å². The quantitative estimate of drug-likeness (QED) is 0.442. The van der Waals surface area contributed by atoms with Gasteiger partial charge in [-0.05, 0) is 37.6 Å². The van der Waals surface area contributed by atoms with Crippen LogP contribution in [-0.4, -0.2) is 31.2 Å². The number of rotatable bonds is 5. The summed E-state index contributed by atoms with van der Waals surface area (Å²) in [5.74, 6) is 0.576. The fraction of sp³-hybridized carbons (Fsp3) is 0.292. The van der Waals surface area contributed by atoms with E-state index in [1.807, 2.05) is 12.1 Å². The number of ether oxygens (including phenoxy) is 1. The van der Waals surface area contributed by atoms with E-state index in [4.69, 9.17) is 4.74 Å². The molecule has 1 N–H and O–H groups in total. The molecule has 0 saturated heterocycles. The third-order valence-electron chi connectivity index (χ3n) is 5.77. The zero-order valence-corrected chi connectivity index (χ0v) is 17.9. The molecule has 0 bridgehead atoms. The van der Waals surface area contributed by atoms with E-state index in [0.717, 1.165) is 5.56 Å². The fourth-order valence-corrected chi connectivity index (χ4v) is 4.26. The molecule has 33 heavy (non-hydrogen) atoms. The highest BCUT2D eigenvalue weighted by Gasteiger charge is 2.36. The molecule has 1 aliphatic rings. The van der Waals surface area contributed by atoms with Gasteiger partial charge in [0.15, 0.2) is 12.0 Å². The molecular formula is C24H21F3N4O2. The van der Waals surface area contributed by atoms with E-state index in [1.165, 1.54) is 6.07 Å². The minimum atomic E-state index is -2.98. The summed E-state index contributed by atoms with van der Waals surface area (Å²) < 4.78 is 47.3. The third kappa shape index (κ3) is 3.82. The predicted molar refractivity (Wildman–Crippen MR) is 116 cm³/mol. The van der Waals surface area contributed by atoms with Crippen LogP contribution in [0.1, 0.15) is 49.7 Å². The highest BCUT2D eigenvalue weighted by atomic mass is 19.3. The Bertz CT molecular complexity index is 1320. The zero-order chi connectivity index (χ0) is 23.3. The first kappa shape index (κ1) is 21.4. The van der Waals surface area contributed by atoms with Crippen LogP contribution < -0.4 is 4.74 Å². The number of para-hydroxylation sites is 1. The Kier molecular flexibility index (Phi) is 5.08. The van der Waals surface area contributed by atoms with Gasteiger partial charge in [-0.15, -0.1) is 0 Å². The smallest absolute Gasteiger partial charge is 0.387 e. The Morgan fingerprint density at radius 3 is 2.52 bits per heavy atom. The van der Waals surface area contributed by atoms with E-state index in [-0.39, 0.29) is 18.0 Å². The number of fused-ring (bicyclic) bond motifs is 3. The summed E-state index contributed by atoms with van der Waals surface area (Å²) >= 11 is 0. The lowest BCUT2D eigenvalue weighted by atomic mass is 10.0. The summed E-state index contributed by atoms with van der Waals surface area (Å²) in [5.41, 5.74) is 2.08. The molecule has 170 valence electrons. The lowest BCUT2D eigenvalue weighted by Gasteiger charge is -2.19. The van der Waals surface area contributed by atoms with Crippen molar-refractivity contribution in [1.29, 1.82) is 0 Å². The first-order chi connectivity index (χ1) is 15.7. The van der Waals surface area contributed by atoms with Crippen molar-refractivity contribution in [1.82, 2.24) is 19.5 Å². The Morgan fingerprint density at radius 1 is 1.09 bits per heavy atom. The van der Waals surface area contributed by atoms with Crippen molar-refractivity contribution in [2.24, 2.45) is 0 Å². The summed E-state index contributed by atoms with van der Waals surface area (Å²) in [6.45, 7) is 0.227. The lowest BCUT2D eigenvalue weighted by Crippen LogP contribution is -2.19. The average Bonchev–Trinajstić information content (AvgIpc) is 3.30. The van der Waals surface area contributed by atoms with Crippen LogP contribution in [0.3, 0.4) is 0 Å². The largest absolute Gasteiger partial charge is 0.434 e. The normalized spacial score (nSPS) is 18.2. The molecule has 5 rings (SSSR count). The van der Waals surface area contributed by atoms with Crippen LogP contribution in [0.25, 0.3) is 22.2 Å². The maximum absolute atomic E-state index is 14.9. The van der Waals surface area contributed by atoms with Gasteiger partial charge >= 0.3 is 6.61 Å². The number of aromatic nitrogens is 4. The van der Waals surface area contributed by atoms with Crippen molar-refractivity contribution in [3.8, 4) is 16.9 Å². The van der Waals surface area contributed by atoms with Crippen LogP contribution in [0, 0.1) is 0 Å². The summed E-state index contributed by atoms with van der Waals surface area (Å²) in [7, 11) is 0. The van der Waals surface area contributed by atoms with Crippen LogP contribution in [0.15, 0.2) is 54.9 Å². The monoisotopic (exact) mass is 454 g/mol. The molecule has 0 radical (unpaired) electrons. The Morgan fingerprint density at radius 2 is 1.82 bits per heavy atom. The average molecular weight is 454 g/mol. The molecule has 0 fully saturated rings. The van der Waals surface area contributed by atoms with Gasteiger partial charge in [0.25, 0.3) is 0 Å². The molecule has 2 aromatic carbocycles. The van der Waals surface area contributed by atoms with Crippen molar-refractivity contribution in [3.63, 3.8) is 0 Å². The van der Waals surface area contributed by atoms with Crippen molar-refractivity contribution in [3.05, 3.63) is 72.1 Å². The van der Waals surface area contributed by atoms with Crippen molar-refractivity contribution < 1.29 is 23.0 Å². The minimum absolute atomic E-state index is 0.0196. The number of aliphatic hydroxyl groups is 1. The highest BCUT2D eigenvalue weighted by molar-refractivity contribution is 5.83. The SMILES string of the molecule is CC(C)(O)c1ncc(-c2ccc3nc4n(c3c2)[C@@H](c2ccccc2OC(F)F)C[C@H]4F)cn1. The van der Waals surface area contributed by atoms with E-state index < -0.39 is 24.4 Å². The number of halogens is 3. The fourth-order valence-electron chi connectivity index (χ4n) is 4.26. The number of benzene rings is 2. The van der Waals surface area contributed by atoms with E-state index >= 15 is 0 Å². The molecule has 0 amide bonds. The van der Waals surface area contributed by atoms with E-state index in [1.54, 1.807) is 55.1 Å². The van der Waals surface area contributed by atoms with E-state index in [0.29, 0.717) is 28.0 Å². The zero-order valence-electron chi connectivity index (χ0n) is 17.9. The molecule has 0 saturated carbocycles. The van der Waals surface area contributed by atoms with E-state index in [9.17, 15) is 18.3 Å². The summed E-state index contributed by atoms with van der Waals surface area (Å²) in [4.78, 5) is 13.0. The molecule has 2 atom stereocenters. The van der Waals surface area contributed by atoms with Gasteiger partial charge in [-0.3, -0.25) is 0 Å². The standard InChI is InChI=1S/C24H21F3N4O2/c1-24(2,32)22-28-11-14(12-29-22)13-7-8-17-19(9-13)31-18(10-16(25)21(31)30-17)15-5-3-4-6-20(15)33-23(26)27/h3-9,11-12,16,18,23,32H,10H2,1-2H3/t16-,18-/m1/s1. The van der Waals surface area contributed by atoms with Gasteiger partial charge in [0, 0.05) is 29.9 Å². The van der Waals surface area contributed by atoms with Crippen LogP contribution in [0.2, 0.25) is 0 Å². The van der Waals surface area contributed by atoms with Gasteiger partial charge in [-0.1, -0.05) is 24.3 Å². The first-order valence-corrected chi connectivity index (χ1v) is 10.5. The molecular weight excluding hydrogens is 433 g/mol. The molecule has 0 aliphatic carbocycles. The van der Waals surface area contributed by atoms with Gasteiger partial charge in [0.2, 0.25) is 0 Å². The van der Waals surface area contributed by atoms with Gasteiger partial charge in [0.1, 0.15) is 17.2 Å². The van der Waals surface area contributed by atoms with Crippen molar-refractivity contribution >= 4 is 11.0 Å². The van der Waals surface area contributed by atoms with E-state index in [2.05, 4.69) is 15.0 Å². The van der Waals surface area contributed by atoms with Crippen molar-refractivity contribution in [2.75, 3.05) is 0 Å². The molecule has 4 aromatic rings. The van der Waals surface area contributed by atoms with Gasteiger partial charge in [-0.2, -0.15) is 8.78 Å². The predicted octanol–water partition coefficient (Wildman–Crippen LogP) is 5.33. The second kappa shape index (κ2) is 7.84. The van der Waals surface area contributed by atoms with Gasteiger partial charge < -0.3 is 14.4 Å². The second-order valence-electron chi connectivity index (χ2n) is 8.53. The molecule has 0 unspecified atom stereocenters. The Hall–Kier alpha value is -3.46. The number of alkyl halides is 3. The van der Waals surface area contributed by atoms with Crippen LogP contribution >= 0.6 is 0 Å². The summed E-state index contributed by atoms with van der Waals surface area (Å²) in [6, 6.07) is 11.4. The first-order valence-electron chi connectivity index (χ1n) is 10.5. The number of imidazole rings is 1. The topological polar surface area (TPSA) is 73.1 Å². The highest BCUT2D eigenvalue weighted by Crippen LogP contribution is 2.45. The lowest BCUT2D eigenvalue weighted by molar-refractivity contribution is -0.0507. The van der Waals surface area contributed by atoms with Crippen LogP contribution in [0.5, 0.6) is 5.75 Å².